The summed E-state index contributed by atoms with van der Waals surface area (Å²) < 4.78 is 0. The van der Waals surface area contributed by atoms with Gasteiger partial charge in [0.2, 0.25) is 0 Å². The minimum Gasteiger partial charge on any atom is -0.357 e. The molecule has 0 aliphatic carbocycles. The number of hydrogen-bond donors (Lipinski definition) is 1. The van der Waals surface area contributed by atoms with Gasteiger partial charge < -0.3 is 9.88 Å². The molecule has 2 heterocycles. The molecule has 90 valence electrons. The number of nitrogens with zero attached hydrogens (tertiary/aromatic N) is 2. The molecule has 0 fully saturated rings. The van der Waals surface area contributed by atoms with Crippen LogP contribution in [0.1, 0.15) is 5.69 Å². The summed E-state index contributed by atoms with van der Waals surface area (Å²) >= 11 is 0. The zero-order valence-electron chi connectivity index (χ0n) is 10.3. The molecule has 0 aliphatic heterocycles. The van der Waals surface area contributed by atoms with Gasteiger partial charge in [-0.25, -0.2) is 4.98 Å². The maximum absolute atomic E-state index is 4.34. The normalized spacial score (nSPS) is 10.7. The SMILES string of the molecule is CN(Cc1cc2ccccc2[nH]1)c1ccccn1. The van der Waals surface area contributed by atoms with E-state index in [9.17, 15) is 0 Å². The number of H-pyrrole nitrogens is 1. The number of rotatable bonds is 3. The molecule has 0 atom stereocenters. The molecule has 0 saturated carbocycles. The second-order valence-corrected chi connectivity index (χ2v) is 4.43. The van der Waals surface area contributed by atoms with Crippen molar-refractivity contribution in [3.8, 4) is 0 Å². The maximum atomic E-state index is 4.34. The Morgan fingerprint density at radius 3 is 2.72 bits per heavy atom. The van der Waals surface area contributed by atoms with Crippen molar-refractivity contribution < 1.29 is 0 Å². The molecule has 18 heavy (non-hydrogen) atoms. The number of fused-ring (bicyclic) bond motifs is 1. The van der Waals surface area contributed by atoms with Gasteiger partial charge in [-0.1, -0.05) is 24.3 Å². The number of benzene rings is 1. The van der Waals surface area contributed by atoms with Crippen molar-refractivity contribution in [1.29, 1.82) is 0 Å². The molecule has 1 aromatic carbocycles. The Hall–Kier alpha value is -2.29. The average Bonchev–Trinajstić information content (AvgIpc) is 2.82. The Balaban J connectivity index is 1.84. The summed E-state index contributed by atoms with van der Waals surface area (Å²) in [4.78, 5) is 9.90. The molecule has 0 amide bonds. The van der Waals surface area contributed by atoms with Crippen molar-refractivity contribution in [3.63, 3.8) is 0 Å². The molecule has 0 unspecified atom stereocenters. The van der Waals surface area contributed by atoms with Crippen LogP contribution in [0.5, 0.6) is 0 Å². The Morgan fingerprint density at radius 2 is 1.94 bits per heavy atom. The first-order valence-electron chi connectivity index (χ1n) is 6.02. The first-order valence-corrected chi connectivity index (χ1v) is 6.02. The van der Waals surface area contributed by atoms with Crippen LogP contribution in [0.15, 0.2) is 54.7 Å². The number of aromatic amines is 1. The van der Waals surface area contributed by atoms with Crippen LogP contribution in [-0.4, -0.2) is 17.0 Å². The molecule has 0 aliphatic rings. The molecule has 0 spiro atoms. The summed E-state index contributed by atoms with van der Waals surface area (Å²) in [5.41, 5.74) is 2.38. The van der Waals surface area contributed by atoms with Gasteiger partial charge in [0.25, 0.3) is 0 Å². The van der Waals surface area contributed by atoms with Crippen LogP contribution in [-0.2, 0) is 6.54 Å². The molecular formula is C15H15N3. The lowest BCUT2D eigenvalue weighted by molar-refractivity contribution is 0.877. The highest BCUT2D eigenvalue weighted by Crippen LogP contribution is 2.17. The second-order valence-electron chi connectivity index (χ2n) is 4.43. The lowest BCUT2D eigenvalue weighted by Gasteiger charge is -2.16. The van der Waals surface area contributed by atoms with E-state index in [-0.39, 0.29) is 0 Å². The van der Waals surface area contributed by atoms with Crippen LogP contribution in [0.4, 0.5) is 5.82 Å². The quantitative estimate of drug-likeness (QED) is 0.758. The summed E-state index contributed by atoms with van der Waals surface area (Å²) in [5, 5.41) is 1.25. The zero-order valence-corrected chi connectivity index (χ0v) is 10.3. The van der Waals surface area contributed by atoms with Crippen LogP contribution in [0.25, 0.3) is 10.9 Å². The third-order valence-electron chi connectivity index (χ3n) is 3.03. The van der Waals surface area contributed by atoms with Crippen LogP contribution < -0.4 is 4.90 Å². The van der Waals surface area contributed by atoms with Gasteiger partial charge in [-0.05, 0) is 29.7 Å². The van der Waals surface area contributed by atoms with Crippen LogP contribution in [0.3, 0.4) is 0 Å². The molecule has 3 nitrogen and oxygen atoms in total. The van der Waals surface area contributed by atoms with Crippen LogP contribution in [0.2, 0.25) is 0 Å². The topological polar surface area (TPSA) is 31.9 Å². The van der Waals surface area contributed by atoms with Gasteiger partial charge in [0, 0.05) is 24.5 Å². The Labute approximate surface area is 106 Å². The number of aromatic nitrogens is 2. The highest BCUT2D eigenvalue weighted by molar-refractivity contribution is 5.80. The van der Waals surface area contributed by atoms with Gasteiger partial charge in [-0.3, -0.25) is 0 Å². The molecule has 0 radical (unpaired) electrons. The molecule has 1 N–H and O–H groups in total. The fourth-order valence-electron chi connectivity index (χ4n) is 2.13. The van der Waals surface area contributed by atoms with Crippen molar-refractivity contribution >= 4 is 16.7 Å². The Morgan fingerprint density at radius 1 is 1.11 bits per heavy atom. The third kappa shape index (κ3) is 2.07. The van der Waals surface area contributed by atoms with E-state index in [2.05, 4.69) is 39.1 Å². The molecule has 0 bridgehead atoms. The van der Waals surface area contributed by atoms with Gasteiger partial charge in [0.15, 0.2) is 0 Å². The largest absolute Gasteiger partial charge is 0.357 e. The summed E-state index contributed by atoms with van der Waals surface area (Å²) in [7, 11) is 2.05. The Kier molecular flexibility index (Phi) is 2.73. The van der Waals surface area contributed by atoms with E-state index in [1.54, 1.807) is 0 Å². The summed E-state index contributed by atoms with van der Waals surface area (Å²) in [5.74, 6) is 0.983. The van der Waals surface area contributed by atoms with Gasteiger partial charge in [-0.2, -0.15) is 0 Å². The van der Waals surface area contributed by atoms with E-state index in [4.69, 9.17) is 0 Å². The fraction of sp³-hybridized carbons (Fsp3) is 0.133. The summed E-state index contributed by atoms with van der Waals surface area (Å²) in [6.45, 7) is 0.825. The van der Waals surface area contributed by atoms with Gasteiger partial charge in [0.05, 0.1) is 6.54 Å². The van der Waals surface area contributed by atoms with E-state index in [0.29, 0.717) is 0 Å². The zero-order chi connectivity index (χ0) is 12.4. The van der Waals surface area contributed by atoms with E-state index in [1.165, 1.54) is 16.6 Å². The molecule has 2 aromatic heterocycles. The first-order chi connectivity index (χ1) is 8.83. The molecule has 3 rings (SSSR count). The van der Waals surface area contributed by atoms with Gasteiger partial charge in [-0.15, -0.1) is 0 Å². The molecule has 3 aromatic rings. The smallest absolute Gasteiger partial charge is 0.128 e. The monoisotopic (exact) mass is 237 g/mol. The van der Waals surface area contributed by atoms with Crippen molar-refractivity contribution in [2.75, 3.05) is 11.9 Å². The van der Waals surface area contributed by atoms with E-state index in [1.807, 2.05) is 37.5 Å². The van der Waals surface area contributed by atoms with Gasteiger partial charge >= 0.3 is 0 Å². The highest BCUT2D eigenvalue weighted by atomic mass is 15.2. The lowest BCUT2D eigenvalue weighted by atomic mass is 10.2. The van der Waals surface area contributed by atoms with Crippen molar-refractivity contribution in [2.24, 2.45) is 0 Å². The average molecular weight is 237 g/mol. The summed E-state index contributed by atoms with van der Waals surface area (Å²) in [6, 6.07) is 16.5. The maximum Gasteiger partial charge on any atom is 0.128 e. The number of nitrogens with one attached hydrogen (secondary N) is 1. The number of hydrogen-bond acceptors (Lipinski definition) is 2. The molecule has 3 heteroatoms. The van der Waals surface area contributed by atoms with Crippen molar-refractivity contribution in [2.45, 2.75) is 6.54 Å². The minimum atomic E-state index is 0.825. The number of pyridine rings is 1. The predicted octanol–water partition coefficient (Wildman–Crippen LogP) is 3.20. The standard InChI is InChI=1S/C15H15N3/c1-18(15-8-4-5-9-16-15)11-13-10-12-6-2-3-7-14(12)17-13/h2-10,17H,11H2,1H3. The molecule has 0 saturated heterocycles. The van der Waals surface area contributed by atoms with Crippen LogP contribution in [0, 0.1) is 0 Å². The highest BCUT2D eigenvalue weighted by Gasteiger charge is 2.05. The van der Waals surface area contributed by atoms with Crippen molar-refractivity contribution in [1.82, 2.24) is 9.97 Å². The Bertz CT molecular complexity index is 610. The van der Waals surface area contributed by atoms with E-state index in [0.717, 1.165) is 12.4 Å². The number of para-hydroxylation sites is 1. The van der Waals surface area contributed by atoms with Crippen molar-refractivity contribution in [3.05, 3.63) is 60.4 Å². The minimum absolute atomic E-state index is 0.825. The third-order valence-corrected chi connectivity index (χ3v) is 3.03. The van der Waals surface area contributed by atoms with Crippen LogP contribution >= 0.6 is 0 Å². The van der Waals surface area contributed by atoms with Gasteiger partial charge in [0.1, 0.15) is 5.82 Å². The predicted molar refractivity (Wildman–Crippen MR) is 74.6 cm³/mol. The number of anilines is 1. The van der Waals surface area contributed by atoms with E-state index >= 15 is 0 Å². The molecular weight excluding hydrogens is 222 g/mol. The van der Waals surface area contributed by atoms with E-state index < -0.39 is 0 Å². The first kappa shape index (κ1) is 10.8. The summed E-state index contributed by atoms with van der Waals surface area (Å²) in [6.07, 6.45) is 1.82. The lowest BCUT2D eigenvalue weighted by Crippen LogP contribution is -2.17. The second kappa shape index (κ2) is 4.53. The fourth-order valence-corrected chi connectivity index (χ4v) is 2.13.